The Hall–Kier alpha value is -2.12. The summed E-state index contributed by atoms with van der Waals surface area (Å²) < 4.78 is 5.32. The van der Waals surface area contributed by atoms with Crippen molar-refractivity contribution in [2.45, 2.75) is 39.2 Å². The zero-order valence-corrected chi connectivity index (χ0v) is 18.6. The molecule has 1 aromatic carbocycles. The normalized spacial score (nSPS) is 16.0. The molecular weight excluding hydrogens is 382 g/mol. The molecule has 1 saturated heterocycles. The number of rotatable bonds is 9. The molecule has 0 radical (unpaired) electrons. The Morgan fingerprint density at radius 2 is 2.00 bits per heavy atom. The zero-order chi connectivity index (χ0) is 20.5. The smallest absolute Gasteiger partial charge is 0.191 e. The Kier molecular flexibility index (Phi) is 8.31. The molecule has 1 unspecified atom stereocenters. The van der Waals surface area contributed by atoms with Gasteiger partial charge in [0.15, 0.2) is 5.96 Å². The van der Waals surface area contributed by atoms with Crippen LogP contribution in [0, 0.1) is 6.92 Å². The maximum Gasteiger partial charge on any atom is 0.191 e. The molecule has 0 spiro atoms. The van der Waals surface area contributed by atoms with Gasteiger partial charge in [0.25, 0.3) is 0 Å². The Morgan fingerprint density at radius 3 is 2.62 bits per heavy atom. The van der Waals surface area contributed by atoms with Gasteiger partial charge in [-0.2, -0.15) is 0 Å². The molecular formula is C22H33N5OS. The number of aryl methyl sites for hydroxylation is 1. The summed E-state index contributed by atoms with van der Waals surface area (Å²) >= 11 is 1.70. The average molecular weight is 416 g/mol. The molecule has 2 N–H and O–H groups in total. The molecule has 1 aromatic heterocycles. The van der Waals surface area contributed by atoms with E-state index < -0.39 is 0 Å². The summed E-state index contributed by atoms with van der Waals surface area (Å²) in [4.78, 5) is 12.0. The number of nitrogens with one attached hydrogen (secondary N) is 2. The van der Waals surface area contributed by atoms with Gasteiger partial charge in [0.05, 0.1) is 30.4 Å². The quantitative estimate of drug-likeness (QED) is 0.486. The number of ether oxygens (including phenoxy) is 1. The van der Waals surface area contributed by atoms with Gasteiger partial charge in [0.2, 0.25) is 0 Å². The summed E-state index contributed by atoms with van der Waals surface area (Å²) in [5.41, 5.74) is 2.44. The second-order valence-corrected chi connectivity index (χ2v) is 8.35. The van der Waals surface area contributed by atoms with E-state index in [0.29, 0.717) is 6.04 Å². The first kappa shape index (κ1) is 21.6. The van der Waals surface area contributed by atoms with Crippen molar-refractivity contribution < 1.29 is 4.74 Å². The molecule has 29 heavy (non-hydrogen) atoms. The van der Waals surface area contributed by atoms with Crippen LogP contribution in [-0.4, -0.2) is 55.7 Å². The van der Waals surface area contributed by atoms with Crippen molar-refractivity contribution in [3.8, 4) is 5.75 Å². The molecule has 1 aliphatic heterocycles. The highest BCUT2D eigenvalue weighted by atomic mass is 32.1. The van der Waals surface area contributed by atoms with Gasteiger partial charge >= 0.3 is 0 Å². The number of benzene rings is 1. The molecule has 0 amide bonds. The predicted octanol–water partition coefficient (Wildman–Crippen LogP) is 3.39. The van der Waals surface area contributed by atoms with Crippen LogP contribution in [0.25, 0.3) is 0 Å². The third kappa shape index (κ3) is 6.44. The minimum Gasteiger partial charge on any atom is -0.497 e. The fraction of sp³-hybridized carbons (Fsp3) is 0.545. The van der Waals surface area contributed by atoms with Crippen molar-refractivity contribution in [2.24, 2.45) is 4.99 Å². The van der Waals surface area contributed by atoms with E-state index in [1.165, 1.54) is 18.4 Å². The molecule has 1 aliphatic rings. The molecule has 158 valence electrons. The van der Waals surface area contributed by atoms with Gasteiger partial charge in [-0.05, 0) is 57.5 Å². The van der Waals surface area contributed by atoms with Crippen LogP contribution in [0.15, 0.2) is 34.6 Å². The number of nitrogens with zero attached hydrogens (tertiary/aromatic N) is 3. The van der Waals surface area contributed by atoms with Gasteiger partial charge in [-0.3, -0.25) is 9.89 Å². The number of hydrogen-bond acceptors (Lipinski definition) is 5. The second-order valence-electron chi connectivity index (χ2n) is 7.29. The van der Waals surface area contributed by atoms with Gasteiger partial charge in [-0.15, -0.1) is 11.3 Å². The summed E-state index contributed by atoms with van der Waals surface area (Å²) in [5.74, 6) is 1.77. The molecule has 7 heteroatoms. The van der Waals surface area contributed by atoms with Crippen LogP contribution in [-0.2, 0) is 6.42 Å². The SMILES string of the molecule is CCNC(=NCC(c1ccc(OC)cc1)N1CCCC1)NCCc1csc(C)n1. The molecule has 6 nitrogen and oxygen atoms in total. The standard InChI is InChI=1S/C22H33N5OS/c1-4-23-22(24-12-11-19-16-29-17(2)26-19)25-15-21(27-13-5-6-14-27)18-7-9-20(28-3)10-8-18/h7-10,16,21H,4-6,11-15H2,1-3H3,(H2,23,24,25). The summed E-state index contributed by atoms with van der Waals surface area (Å²) in [7, 11) is 1.71. The van der Waals surface area contributed by atoms with E-state index in [2.05, 4.69) is 45.0 Å². The fourth-order valence-electron chi connectivity index (χ4n) is 3.66. The van der Waals surface area contributed by atoms with Crippen LogP contribution in [0.4, 0.5) is 0 Å². The molecule has 0 aliphatic carbocycles. The average Bonchev–Trinajstić information content (AvgIpc) is 3.41. The van der Waals surface area contributed by atoms with Crippen LogP contribution in [0.3, 0.4) is 0 Å². The Balaban J connectivity index is 1.64. The van der Waals surface area contributed by atoms with Crippen molar-refractivity contribution in [3.63, 3.8) is 0 Å². The summed E-state index contributed by atoms with van der Waals surface area (Å²) in [5, 5.41) is 10.1. The van der Waals surface area contributed by atoms with E-state index >= 15 is 0 Å². The van der Waals surface area contributed by atoms with Crippen molar-refractivity contribution in [2.75, 3.05) is 39.8 Å². The number of guanidine groups is 1. The maximum absolute atomic E-state index is 5.32. The lowest BCUT2D eigenvalue weighted by molar-refractivity contribution is 0.251. The summed E-state index contributed by atoms with van der Waals surface area (Å²) in [6, 6.07) is 8.72. The lowest BCUT2D eigenvalue weighted by atomic mass is 10.1. The number of aliphatic imine (C=N–C) groups is 1. The number of methoxy groups -OCH3 is 1. The Bertz CT molecular complexity index is 768. The number of thiazole rings is 1. The predicted molar refractivity (Wildman–Crippen MR) is 121 cm³/mol. The minimum atomic E-state index is 0.292. The van der Waals surface area contributed by atoms with Gasteiger partial charge in [0.1, 0.15) is 5.75 Å². The molecule has 2 aromatic rings. The molecule has 1 fully saturated rings. The van der Waals surface area contributed by atoms with Gasteiger partial charge in [0, 0.05) is 24.9 Å². The highest BCUT2D eigenvalue weighted by molar-refractivity contribution is 7.09. The van der Waals surface area contributed by atoms with E-state index in [1.807, 2.05) is 19.1 Å². The topological polar surface area (TPSA) is 61.8 Å². The third-order valence-electron chi connectivity index (χ3n) is 5.19. The molecule has 2 heterocycles. The third-order valence-corrected chi connectivity index (χ3v) is 6.01. The first-order chi connectivity index (χ1) is 14.2. The molecule has 1 atom stereocenters. The van der Waals surface area contributed by atoms with Crippen LogP contribution >= 0.6 is 11.3 Å². The van der Waals surface area contributed by atoms with E-state index in [0.717, 1.165) is 61.6 Å². The van der Waals surface area contributed by atoms with Gasteiger partial charge < -0.3 is 15.4 Å². The number of hydrogen-bond donors (Lipinski definition) is 2. The van der Waals surface area contributed by atoms with Crippen molar-refractivity contribution in [1.82, 2.24) is 20.5 Å². The maximum atomic E-state index is 5.32. The lowest BCUT2D eigenvalue weighted by Crippen LogP contribution is -2.39. The molecule has 3 rings (SSSR count). The number of aromatic nitrogens is 1. The largest absolute Gasteiger partial charge is 0.497 e. The highest BCUT2D eigenvalue weighted by Crippen LogP contribution is 2.27. The van der Waals surface area contributed by atoms with Crippen molar-refractivity contribution in [3.05, 3.63) is 45.9 Å². The second kappa shape index (κ2) is 11.2. The minimum absolute atomic E-state index is 0.292. The highest BCUT2D eigenvalue weighted by Gasteiger charge is 2.23. The van der Waals surface area contributed by atoms with E-state index in [-0.39, 0.29) is 0 Å². The van der Waals surface area contributed by atoms with Crippen LogP contribution in [0.5, 0.6) is 5.75 Å². The van der Waals surface area contributed by atoms with E-state index in [1.54, 1.807) is 18.4 Å². The molecule has 0 saturated carbocycles. The summed E-state index contributed by atoms with van der Waals surface area (Å²) in [6.07, 6.45) is 3.44. The van der Waals surface area contributed by atoms with Crippen LogP contribution in [0.2, 0.25) is 0 Å². The van der Waals surface area contributed by atoms with E-state index in [9.17, 15) is 0 Å². The van der Waals surface area contributed by atoms with Crippen molar-refractivity contribution >= 4 is 17.3 Å². The fourth-order valence-corrected chi connectivity index (χ4v) is 4.31. The lowest BCUT2D eigenvalue weighted by Gasteiger charge is -2.27. The van der Waals surface area contributed by atoms with E-state index in [4.69, 9.17) is 9.73 Å². The van der Waals surface area contributed by atoms with Crippen LogP contribution < -0.4 is 15.4 Å². The Morgan fingerprint density at radius 1 is 1.24 bits per heavy atom. The monoisotopic (exact) mass is 415 g/mol. The van der Waals surface area contributed by atoms with Crippen LogP contribution in [0.1, 0.15) is 42.1 Å². The zero-order valence-electron chi connectivity index (χ0n) is 17.8. The van der Waals surface area contributed by atoms with Crippen molar-refractivity contribution in [1.29, 1.82) is 0 Å². The number of likely N-dealkylation sites (tertiary alicyclic amines) is 1. The Labute approximate surface area is 178 Å². The molecule has 0 bridgehead atoms. The van der Waals surface area contributed by atoms with Gasteiger partial charge in [-0.1, -0.05) is 12.1 Å². The first-order valence-electron chi connectivity index (χ1n) is 10.5. The van der Waals surface area contributed by atoms with Gasteiger partial charge in [-0.25, -0.2) is 4.98 Å². The summed E-state index contributed by atoms with van der Waals surface area (Å²) in [6.45, 7) is 8.83. The first-order valence-corrected chi connectivity index (χ1v) is 11.4.